The van der Waals surface area contributed by atoms with Crippen LogP contribution in [0.25, 0.3) is 10.9 Å². The maximum Gasteiger partial charge on any atom is 0.339 e. The van der Waals surface area contributed by atoms with Gasteiger partial charge < -0.3 is 14.8 Å². The van der Waals surface area contributed by atoms with Crippen LogP contribution in [0.15, 0.2) is 48.5 Å². The number of carbonyl (C=O) groups is 2. The third-order valence-electron chi connectivity index (χ3n) is 5.87. The van der Waals surface area contributed by atoms with Gasteiger partial charge in [0.15, 0.2) is 6.10 Å². The van der Waals surface area contributed by atoms with Gasteiger partial charge in [-0.25, -0.2) is 4.79 Å². The summed E-state index contributed by atoms with van der Waals surface area (Å²) in [5.74, 6) is -0.359. The summed E-state index contributed by atoms with van der Waals surface area (Å²) < 4.78 is 11.2. The van der Waals surface area contributed by atoms with Crippen molar-refractivity contribution in [1.29, 1.82) is 0 Å². The Hall–Kier alpha value is -3.45. The number of esters is 1. The van der Waals surface area contributed by atoms with Crippen molar-refractivity contribution < 1.29 is 19.1 Å². The summed E-state index contributed by atoms with van der Waals surface area (Å²) in [6.45, 7) is 8.46. The van der Waals surface area contributed by atoms with Crippen LogP contribution in [0.3, 0.4) is 0 Å². The predicted molar refractivity (Wildman–Crippen MR) is 128 cm³/mol. The van der Waals surface area contributed by atoms with Gasteiger partial charge in [-0.3, -0.25) is 14.7 Å². The van der Waals surface area contributed by atoms with Crippen LogP contribution in [0.4, 0.5) is 5.69 Å². The van der Waals surface area contributed by atoms with Crippen molar-refractivity contribution in [3.8, 4) is 5.75 Å². The molecule has 0 radical (unpaired) electrons. The number of nitrogens with zero attached hydrogens (tertiary/aromatic N) is 2. The molecule has 1 aromatic heterocycles. The standard InChI is InChI=1S/C26H29N3O4/c1-4-29-15-14-21-19(16-29)24(18-10-6-7-11-20(18)27-21)26(31)33-17(3)25(30)28-22-12-8-9-13-23(22)32-5-2/h6-13,17H,4-5,14-16H2,1-3H3,(H,28,30). The molecule has 1 unspecified atom stereocenters. The van der Waals surface area contributed by atoms with Gasteiger partial charge in [0.1, 0.15) is 5.75 Å². The molecule has 33 heavy (non-hydrogen) atoms. The monoisotopic (exact) mass is 447 g/mol. The van der Waals surface area contributed by atoms with Crippen LogP contribution in [-0.2, 0) is 22.5 Å². The fourth-order valence-corrected chi connectivity index (χ4v) is 4.11. The lowest BCUT2D eigenvalue weighted by molar-refractivity contribution is -0.123. The molecule has 0 saturated carbocycles. The lowest BCUT2D eigenvalue weighted by Crippen LogP contribution is -2.34. The zero-order chi connectivity index (χ0) is 23.4. The third-order valence-corrected chi connectivity index (χ3v) is 5.87. The van der Waals surface area contributed by atoms with Crippen molar-refractivity contribution in [1.82, 2.24) is 9.88 Å². The lowest BCUT2D eigenvalue weighted by Gasteiger charge is -2.29. The second-order valence-electron chi connectivity index (χ2n) is 8.01. The normalized spacial score (nSPS) is 14.4. The highest BCUT2D eigenvalue weighted by molar-refractivity contribution is 6.06. The van der Waals surface area contributed by atoms with Gasteiger partial charge in [0.05, 0.1) is 23.4 Å². The average Bonchev–Trinajstić information content (AvgIpc) is 2.83. The molecule has 0 bridgehead atoms. The number of hydrogen-bond acceptors (Lipinski definition) is 6. The smallest absolute Gasteiger partial charge is 0.339 e. The molecule has 0 saturated heterocycles. The molecule has 1 aliphatic rings. The number of nitrogens with one attached hydrogen (secondary N) is 1. The molecule has 1 atom stereocenters. The average molecular weight is 448 g/mol. The molecule has 7 nitrogen and oxygen atoms in total. The number of benzene rings is 2. The highest BCUT2D eigenvalue weighted by atomic mass is 16.5. The van der Waals surface area contributed by atoms with Gasteiger partial charge in [-0.15, -0.1) is 0 Å². The molecule has 1 aliphatic heterocycles. The first-order valence-corrected chi connectivity index (χ1v) is 11.4. The Labute approximate surface area is 193 Å². The van der Waals surface area contributed by atoms with E-state index in [1.807, 2.05) is 43.3 Å². The largest absolute Gasteiger partial charge is 0.492 e. The Morgan fingerprint density at radius 3 is 2.67 bits per heavy atom. The Kier molecular flexibility index (Phi) is 6.89. The number of likely N-dealkylation sites (N-methyl/N-ethyl adjacent to an activating group) is 1. The summed E-state index contributed by atoms with van der Waals surface area (Å²) in [6, 6.07) is 14.8. The molecule has 1 amide bonds. The van der Waals surface area contributed by atoms with Crippen molar-refractivity contribution in [2.75, 3.05) is 25.0 Å². The van der Waals surface area contributed by atoms with E-state index in [1.165, 1.54) is 0 Å². The summed E-state index contributed by atoms with van der Waals surface area (Å²) >= 11 is 0. The van der Waals surface area contributed by atoms with Crippen LogP contribution < -0.4 is 10.1 Å². The van der Waals surface area contributed by atoms with Crippen molar-refractivity contribution in [3.63, 3.8) is 0 Å². The zero-order valence-corrected chi connectivity index (χ0v) is 19.3. The number of hydrogen-bond donors (Lipinski definition) is 1. The minimum Gasteiger partial charge on any atom is -0.492 e. The van der Waals surface area contributed by atoms with Crippen molar-refractivity contribution in [3.05, 3.63) is 65.4 Å². The number of pyridine rings is 1. The van der Waals surface area contributed by atoms with Gasteiger partial charge in [-0.1, -0.05) is 37.3 Å². The molecule has 4 rings (SSSR count). The highest BCUT2D eigenvalue weighted by Crippen LogP contribution is 2.29. The molecule has 172 valence electrons. The fraction of sp³-hybridized carbons (Fsp3) is 0.346. The molecular formula is C26H29N3O4. The van der Waals surface area contributed by atoms with Crippen molar-refractivity contribution in [2.24, 2.45) is 0 Å². The van der Waals surface area contributed by atoms with E-state index in [-0.39, 0.29) is 0 Å². The summed E-state index contributed by atoms with van der Waals surface area (Å²) in [5.41, 5.74) is 3.62. The SMILES string of the molecule is CCOc1ccccc1NC(=O)C(C)OC(=O)c1c2c(nc3ccccc13)CCN(CC)C2. The molecule has 0 fully saturated rings. The Morgan fingerprint density at radius 1 is 1.12 bits per heavy atom. The quantitative estimate of drug-likeness (QED) is 0.547. The van der Waals surface area contributed by atoms with Gasteiger partial charge in [-0.05, 0) is 38.6 Å². The molecule has 2 aromatic carbocycles. The Morgan fingerprint density at radius 2 is 1.88 bits per heavy atom. The van der Waals surface area contributed by atoms with E-state index >= 15 is 0 Å². The lowest BCUT2D eigenvalue weighted by atomic mass is 9.95. The van der Waals surface area contributed by atoms with E-state index in [2.05, 4.69) is 17.1 Å². The van der Waals surface area contributed by atoms with E-state index in [9.17, 15) is 9.59 Å². The Balaban J connectivity index is 1.59. The van der Waals surface area contributed by atoms with Crippen molar-refractivity contribution in [2.45, 2.75) is 39.8 Å². The van der Waals surface area contributed by atoms with Crippen LogP contribution in [0.5, 0.6) is 5.75 Å². The van der Waals surface area contributed by atoms with Crippen LogP contribution >= 0.6 is 0 Å². The summed E-state index contributed by atoms with van der Waals surface area (Å²) in [6.07, 6.45) is -0.209. The van der Waals surface area contributed by atoms with Gasteiger partial charge in [0.25, 0.3) is 5.91 Å². The number of aromatic nitrogens is 1. The summed E-state index contributed by atoms with van der Waals surface area (Å²) in [7, 11) is 0. The van der Waals surface area contributed by atoms with E-state index in [0.717, 1.165) is 41.7 Å². The van der Waals surface area contributed by atoms with Gasteiger partial charge in [0.2, 0.25) is 0 Å². The first-order chi connectivity index (χ1) is 16.0. The topological polar surface area (TPSA) is 80.8 Å². The maximum atomic E-state index is 13.4. The molecular weight excluding hydrogens is 418 g/mol. The molecule has 0 spiro atoms. The third kappa shape index (κ3) is 4.83. The predicted octanol–water partition coefficient (Wildman–Crippen LogP) is 4.20. The molecule has 1 N–H and O–H groups in total. The Bertz CT molecular complexity index is 1180. The fourth-order valence-electron chi connectivity index (χ4n) is 4.11. The van der Waals surface area contributed by atoms with E-state index in [1.54, 1.807) is 19.1 Å². The number of amides is 1. The number of fused-ring (bicyclic) bond motifs is 2. The van der Waals surface area contributed by atoms with Crippen LogP contribution in [0, 0.1) is 0 Å². The molecule has 2 heterocycles. The summed E-state index contributed by atoms with van der Waals surface area (Å²) in [5, 5.41) is 3.55. The second-order valence-corrected chi connectivity index (χ2v) is 8.01. The van der Waals surface area contributed by atoms with E-state index in [0.29, 0.717) is 30.2 Å². The first-order valence-electron chi connectivity index (χ1n) is 11.4. The molecule has 0 aliphatic carbocycles. The van der Waals surface area contributed by atoms with Crippen LogP contribution in [0.1, 0.15) is 42.4 Å². The highest BCUT2D eigenvalue weighted by Gasteiger charge is 2.28. The number of para-hydroxylation sites is 3. The number of carbonyl (C=O) groups excluding carboxylic acids is 2. The van der Waals surface area contributed by atoms with Crippen LogP contribution in [-0.4, -0.2) is 47.6 Å². The van der Waals surface area contributed by atoms with Gasteiger partial charge >= 0.3 is 5.97 Å². The number of anilines is 1. The number of ether oxygens (including phenoxy) is 2. The number of rotatable bonds is 7. The minimum atomic E-state index is -0.986. The minimum absolute atomic E-state index is 0.419. The first kappa shape index (κ1) is 22.7. The molecule has 3 aromatic rings. The summed E-state index contributed by atoms with van der Waals surface area (Å²) in [4.78, 5) is 33.3. The van der Waals surface area contributed by atoms with Crippen LogP contribution in [0.2, 0.25) is 0 Å². The van der Waals surface area contributed by atoms with E-state index in [4.69, 9.17) is 14.5 Å². The molecule has 7 heteroatoms. The van der Waals surface area contributed by atoms with Gasteiger partial charge in [-0.2, -0.15) is 0 Å². The van der Waals surface area contributed by atoms with Gasteiger partial charge in [0, 0.05) is 36.2 Å². The van der Waals surface area contributed by atoms with E-state index < -0.39 is 18.0 Å². The second kappa shape index (κ2) is 10.0. The maximum absolute atomic E-state index is 13.4. The van der Waals surface area contributed by atoms with Crippen molar-refractivity contribution >= 4 is 28.5 Å². The zero-order valence-electron chi connectivity index (χ0n) is 19.3.